The first-order chi connectivity index (χ1) is 14.4. The van der Waals surface area contributed by atoms with Gasteiger partial charge in [-0.15, -0.1) is 0 Å². The van der Waals surface area contributed by atoms with Gasteiger partial charge in [0.05, 0.1) is 0 Å². The number of carbonyl (C=O) groups is 2. The topological polar surface area (TPSA) is 52.7 Å². The zero-order valence-electron chi connectivity index (χ0n) is 19.7. The largest absolute Gasteiger partial charge is 0.352 e. The maximum atomic E-state index is 13.0. The second kappa shape index (κ2) is 15.0. The van der Waals surface area contributed by atoms with Crippen molar-refractivity contribution in [2.45, 2.75) is 66.2 Å². The Hall–Kier alpha value is -1.88. The highest BCUT2D eigenvalue weighted by Gasteiger charge is 2.23. The van der Waals surface area contributed by atoms with Crippen LogP contribution >= 0.6 is 0 Å². The molecule has 1 aliphatic rings. The number of amides is 2. The van der Waals surface area contributed by atoms with Gasteiger partial charge < -0.3 is 15.1 Å². The van der Waals surface area contributed by atoms with Crippen molar-refractivity contribution in [2.75, 3.05) is 39.3 Å². The second-order valence-electron chi connectivity index (χ2n) is 8.37. The second-order valence-corrected chi connectivity index (χ2v) is 8.37. The Morgan fingerprint density at radius 3 is 2.17 bits per heavy atom. The van der Waals surface area contributed by atoms with E-state index in [9.17, 15) is 9.59 Å². The number of nitrogens with one attached hydrogen (secondary N) is 1. The molecular weight excluding hydrogens is 374 g/mol. The zero-order valence-corrected chi connectivity index (χ0v) is 19.7. The van der Waals surface area contributed by atoms with Crippen LogP contribution in [0.1, 0.15) is 66.2 Å². The summed E-state index contributed by atoms with van der Waals surface area (Å²) in [5.74, 6) is 0.592. The third-order valence-electron chi connectivity index (χ3n) is 5.22. The molecule has 0 bridgehead atoms. The molecule has 5 heteroatoms. The van der Waals surface area contributed by atoms with Gasteiger partial charge in [0, 0.05) is 37.8 Å². The Morgan fingerprint density at radius 2 is 1.63 bits per heavy atom. The van der Waals surface area contributed by atoms with Gasteiger partial charge in [-0.05, 0) is 70.5 Å². The molecule has 0 heterocycles. The van der Waals surface area contributed by atoms with Crippen LogP contribution in [-0.2, 0) is 9.59 Å². The Morgan fingerprint density at radius 1 is 1.00 bits per heavy atom. The monoisotopic (exact) mass is 417 g/mol. The number of hydrogen-bond acceptors (Lipinski definition) is 3. The van der Waals surface area contributed by atoms with E-state index in [1.165, 1.54) is 25.5 Å². The van der Waals surface area contributed by atoms with E-state index in [0.717, 1.165) is 50.3 Å². The predicted molar refractivity (Wildman–Crippen MR) is 126 cm³/mol. The molecule has 0 unspecified atom stereocenters. The Kier molecular flexibility index (Phi) is 13.1. The average molecular weight is 418 g/mol. The van der Waals surface area contributed by atoms with Crippen LogP contribution in [-0.4, -0.2) is 60.9 Å². The lowest BCUT2D eigenvalue weighted by atomic mass is 10.1. The summed E-state index contributed by atoms with van der Waals surface area (Å²) in [6.45, 7) is 17.3. The van der Waals surface area contributed by atoms with E-state index in [2.05, 4.69) is 37.6 Å². The van der Waals surface area contributed by atoms with Crippen LogP contribution < -0.4 is 5.32 Å². The van der Waals surface area contributed by atoms with Crippen LogP contribution in [0.25, 0.3) is 0 Å². The minimum absolute atomic E-state index is 0.0893. The number of allylic oxidation sites excluding steroid dienone is 2. The fourth-order valence-electron chi connectivity index (χ4n) is 3.49. The molecule has 170 valence electrons. The summed E-state index contributed by atoms with van der Waals surface area (Å²) in [5, 5.41) is 2.96. The number of hydrogen-bond donors (Lipinski definition) is 1. The molecule has 0 atom stereocenters. The molecule has 30 heavy (non-hydrogen) atoms. The van der Waals surface area contributed by atoms with Gasteiger partial charge >= 0.3 is 0 Å². The van der Waals surface area contributed by atoms with Gasteiger partial charge in [-0.25, -0.2) is 0 Å². The molecule has 0 radical (unpaired) electrons. The lowest BCUT2D eigenvalue weighted by Crippen LogP contribution is -2.34. The highest BCUT2D eigenvalue weighted by Crippen LogP contribution is 2.29. The summed E-state index contributed by atoms with van der Waals surface area (Å²) in [4.78, 5) is 29.8. The molecule has 0 aromatic carbocycles. The van der Waals surface area contributed by atoms with Crippen molar-refractivity contribution in [1.82, 2.24) is 15.1 Å². The molecular formula is C25H43N3O2. The van der Waals surface area contributed by atoms with Crippen molar-refractivity contribution in [1.29, 1.82) is 0 Å². The Labute approximate surface area is 184 Å². The smallest absolute Gasteiger partial charge is 0.254 e. The normalized spacial score (nSPS) is 14.7. The Bertz CT molecular complexity index is 600. The third-order valence-corrected chi connectivity index (χ3v) is 5.22. The molecule has 1 fully saturated rings. The quantitative estimate of drug-likeness (QED) is 0.231. The lowest BCUT2D eigenvalue weighted by molar-refractivity contribution is -0.127. The van der Waals surface area contributed by atoms with Crippen LogP contribution in [0.15, 0.2) is 36.0 Å². The summed E-state index contributed by atoms with van der Waals surface area (Å²) >= 11 is 0. The first kappa shape index (κ1) is 26.2. The van der Waals surface area contributed by atoms with Crippen molar-refractivity contribution < 1.29 is 9.59 Å². The van der Waals surface area contributed by atoms with Gasteiger partial charge in [-0.1, -0.05) is 39.0 Å². The van der Waals surface area contributed by atoms with Crippen LogP contribution in [0.2, 0.25) is 0 Å². The molecule has 1 saturated carbocycles. The first-order valence-corrected chi connectivity index (χ1v) is 11.8. The van der Waals surface area contributed by atoms with E-state index >= 15 is 0 Å². The van der Waals surface area contributed by atoms with E-state index in [4.69, 9.17) is 0 Å². The standard InChI is InChI=1S/C25H43N3O2/c1-6-14-27(20-22-11-12-22)17-10-13-26-24(29)19-23(18-21(5)9-4)25(30)28(15-7-2)16-8-3/h9,18-19,22H,4,6-8,10-17,20H2,1-3,5H3,(H,26,29)/b21-18-,23-19+. The van der Waals surface area contributed by atoms with Gasteiger partial charge in [0.25, 0.3) is 5.91 Å². The molecule has 0 aliphatic heterocycles. The summed E-state index contributed by atoms with van der Waals surface area (Å²) in [6, 6.07) is 0. The van der Waals surface area contributed by atoms with E-state index in [1.54, 1.807) is 12.2 Å². The molecule has 5 nitrogen and oxygen atoms in total. The summed E-state index contributed by atoms with van der Waals surface area (Å²) in [7, 11) is 0. The number of carbonyl (C=O) groups excluding carboxylic acids is 2. The van der Waals surface area contributed by atoms with Gasteiger partial charge in [-0.2, -0.15) is 0 Å². The van der Waals surface area contributed by atoms with Crippen molar-refractivity contribution in [3.8, 4) is 0 Å². The van der Waals surface area contributed by atoms with Crippen LogP contribution in [0, 0.1) is 5.92 Å². The minimum atomic E-state index is -0.205. The molecule has 0 spiro atoms. The third kappa shape index (κ3) is 10.8. The number of rotatable bonds is 16. The maximum Gasteiger partial charge on any atom is 0.254 e. The first-order valence-electron chi connectivity index (χ1n) is 11.8. The molecule has 0 aromatic heterocycles. The van der Waals surface area contributed by atoms with Gasteiger partial charge in [-0.3, -0.25) is 9.59 Å². The molecule has 0 aromatic rings. The maximum absolute atomic E-state index is 13.0. The SMILES string of the molecule is C=C/C(C)=C\C(=C/C(=O)NCCCN(CCC)CC1CC1)C(=O)N(CCC)CCC. The average Bonchev–Trinajstić information content (AvgIpc) is 3.54. The summed E-state index contributed by atoms with van der Waals surface area (Å²) in [6.07, 6.45) is 11.5. The highest BCUT2D eigenvalue weighted by atomic mass is 16.2. The molecule has 1 N–H and O–H groups in total. The predicted octanol–water partition coefficient (Wildman–Crippen LogP) is 4.32. The van der Waals surface area contributed by atoms with Crippen LogP contribution in [0.5, 0.6) is 0 Å². The summed E-state index contributed by atoms with van der Waals surface area (Å²) < 4.78 is 0. The van der Waals surface area contributed by atoms with Crippen molar-refractivity contribution in [2.24, 2.45) is 5.92 Å². The zero-order chi connectivity index (χ0) is 22.4. The van der Waals surface area contributed by atoms with Crippen molar-refractivity contribution >= 4 is 11.8 Å². The Balaban J connectivity index is 2.67. The number of nitrogens with zero attached hydrogens (tertiary/aromatic N) is 2. The van der Waals surface area contributed by atoms with Crippen molar-refractivity contribution in [3.63, 3.8) is 0 Å². The van der Waals surface area contributed by atoms with Crippen molar-refractivity contribution in [3.05, 3.63) is 36.0 Å². The van der Waals surface area contributed by atoms with E-state index in [-0.39, 0.29) is 11.8 Å². The van der Waals surface area contributed by atoms with Gasteiger partial charge in [0.1, 0.15) is 0 Å². The lowest BCUT2D eigenvalue weighted by Gasteiger charge is -2.22. The fraction of sp³-hybridized carbons (Fsp3) is 0.680. The van der Waals surface area contributed by atoms with Gasteiger partial charge in [0.2, 0.25) is 5.91 Å². The van der Waals surface area contributed by atoms with E-state index in [0.29, 0.717) is 25.2 Å². The van der Waals surface area contributed by atoms with Crippen LogP contribution in [0.4, 0.5) is 0 Å². The van der Waals surface area contributed by atoms with Crippen LogP contribution in [0.3, 0.4) is 0 Å². The highest BCUT2D eigenvalue weighted by molar-refractivity contribution is 6.03. The molecule has 2 amide bonds. The molecule has 1 rings (SSSR count). The van der Waals surface area contributed by atoms with E-state index in [1.807, 2.05) is 11.8 Å². The molecule has 0 saturated heterocycles. The van der Waals surface area contributed by atoms with Gasteiger partial charge in [0.15, 0.2) is 0 Å². The molecule has 1 aliphatic carbocycles. The minimum Gasteiger partial charge on any atom is -0.352 e. The summed E-state index contributed by atoms with van der Waals surface area (Å²) in [5.41, 5.74) is 1.29. The van der Waals surface area contributed by atoms with E-state index < -0.39 is 0 Å². The fourth-order valence-corrected chi connectivity index (χ4v) is 3.49.